The van der Waals surface area contributed by atoms with E-state index in [0.717, 1.165) is 11.3 Å². The van der Waals surface area contributed by atoms with Gasteiger partial charge in [-0.25, -0.2) is 4.79 Å². The second-order valence-corrected chi connectivity index (χ2v) is 4.53. The van der Waals surface area contributed by atoms with Crippen molar-refractivity contribution in [1.82, 2.24) is 10.2 Å². The number of carbonyl (C=O) groups is 1. The number of aliphatic carboxylic acids is 1. The number of carboxylic acid groups (broad SMARTS) is 1. The second-order valence-electron chi connectivity index (χ2n) is 4.53. The van der Waals surface area contributed by atoms with E-state index >= 15 is 0 Å². The summed E-state index contributed by atoms with van der Waals surface area (Å²) in [5.41, 5.74) is 1.67. The van der Waals surface area contributed by atoms with Crippen molar-refractivity contribution in [3.05, 3.63) is 41.6 Å². The molecule has 3 rings (SSSR count). The highest BCUT2D eigenvalue weighted by Crippen LogP contribution is 2.33. The lowest BCUT2D eigenvalue weighted by Gasteiger charge is -2.06. The molecule has 2 aromatic rings. The van der Waals surface area contributed by atoms with Crippen LogP contribution in [-0.2, 0) is 11.2 Å². The van der Waals surface area contributed by atoms with Crippen LogP contribution in [0.4, 0.5) is 0 Å². The molecule has 2 heterocycles. The Hall–Kier alpha value is -2.63. The predicted molar refractivity (Wildman–Crippen MR) is 69.0 cm³/mol. The summed E-state index contributed by atoms with van der Waals surface area (Å²) in [6, 6.07) is 8.74. The number of hydrogen-bond donors (Lipinski definition) is 1. The fraction of sp³-hybridized carbons (Fsp3) is 0.214. The van der Waals surface area contributed by atoms with E-state index in [2.05, 4.69) is 10.2 Å². The zero-order valence-corrected chi connectivity index (χ0v) is 10.7. The van der Waals surface area contributed by atoms with E-state index in [1.54, 1.807) is 30.3 Å². The third kappa shape index (κ3) is 2.40. The normalized spacial score (nSPS) is 16.4. The van der Waals surface area contributed by atoms with E-state index in [1.165, 1.54) is 0 Å². The summed E-state index contributed by atoms with van der Waals surface area (Å²) in [6.07, 6.45) is -0.450. The van der Waals surface area contributed by atoms with Gasteiger partial charge in [0, 0.05) is 18.6 Å². The maximum absolute atomic E-state index is 10.9. The molecule has 1 aliphatic heterocycles. The molecule has 0 spiro atoms. The molecular weight excluding hydrogens is 260 g/mol. The second kappa shape index (κ2) is 4.80. The summed E-state index contributed by atoms with van der Waals surface area (Å²) in [7, 11) is 0. The molecule has 20 heavy (non-hydrogen) atoms. The average molecular weight is 272 g/mol. The molecule has 1 aliphatic rings. The Balaban J connectivity index is 1.79. The highest BCUT2D eigenvalue weighted by Gasteiger charge is 2.29. The molecule has 1 aromatic carbocycles. The molecule has 0 amide bonds. The van der Waals surface area contributed by atoms with Gasteiger partial charge in [-0.1, -0.05) is 6.07 Å². The van der Waals surface area contributed by atoms with Gasteiger partial charge in [-0.05, 0) is 24.6 Å². The Bertz CT molecular complexity index is 655. The number of carboxylic acids is 1. The monoisotopic (exact) mass is 272 g/mol. The Morgan fingerprint density at radius 2 is 2.20 bits per heavy atom. The van der Waals surface area contributed by atoms with Crippen molar-refractivity contribution in [2.45, 2.75) is 19.4 Å². The first-order valence-corrected chi connectivity index (χ1v) is 6.12. The Kier molecular flexibility index (Phi) is 2.98. The molecule has 102 valence electrons. The molecule has 1 atom stereocenters. The minimum atomic E-state index is -0.965. The molecule has 0 radical (unpaired) electrons. The van der Waals surface area contributed by atoms with Crippen molar-refractivity contribution in [3.63, 3.8) is 0 Å². The Morgan fingerprint density at radius 3 is 2.90 bits per heavy atom. The van der Waals surface area contributed by atoms with Crippen LogP contribution in [-0.4, -0.2) is 27.4 Å². The van der Waals surface area contributed by atoms with Gasteiger partial charge in [0.2, 0.25) is 5.88 Å². The van der Waals surface area contributed by atoms with Crippen molar-refractivity contribution < 1.29 is 19.4 Å². The van der Waals surface area contributed by atoms with E-state index in [1.807, 2.05) is 6.92 Å². The standard InChI is InChI=1S/C14H12N2O4/c1-8-2-5-13(16-15-8)19-10-4-3-9-6-12(14(17)18)20-11(9)7-10/h2-5,7,12H,6H2,1H3,(H,17,18). The van der Waals surface area contributed by atoms with Crippen LogP contribution >= 0.6 is 0 Å². The summed E-state index contributed by atoms with van der Waals surface area (Å²) >= 11 is 0. The van der Waals surface area contributed by atoms with Crippen LogP contribution < -0.4 is 9.47 Å². The van der Waals surface area contributed by atoms with Crippen molar-refractivity contribution >= 4 is 5.97 Å². The van der Waals surface area contributed by atoms with Gasteiger partial charge >= 0.3 is 5.97 Å². The molecule has 0 fully saturated rings. The maximum Gasteiger partial charge on any atom is 0.345 e. The van der Waals surface area contributed by atoms with Crippen molar-refractivity contribution in [1.29, 1.82) is 0 Å². The molecule has 0 bridgehead atoms. The largest absolute Gasteiger partial charge is 0.478 e. The minimum Gasteiger partial charge on any atom is -0.478 e. The maximum atomic E-state index is 10.9. The zero-order chi connectivity index (χ0) is 14.1. The predicted octanol–water partition coefficient (Wildman–Crippen LogP) is 1.97. The van der Waals surface area contributed by atoms with Crippen LogP contribution in [0.25, 0.3) is 0 Å². The van der Waals surface area contributed by atoms with Crippen LogP contribution in [0.5, 0.6) is 17.4 Å². The van der Waals surface area contributed by atoms with Gasteiger partial charge in [0.05, 0.1) is 5.69 Å². The summed E-state index contributed by atoms with van der Waals surface area (Å²) in [5.74, 6) is 0.485. The van der Waals surface area contributed by atoms with Crippen molar-refractivity contribution in [2.75, 3.05) is 0 Å². The molecule has 1 aromatic heterocycles. The van der Waals surface area contributed by atoms with E-state index in [9.17, 15) is 4.79 Å². The fourth-order valence-corrected chi connectivity index (χ4v) is 1.97. The van der Waals surface area contributed by atoms with Gasteiger partial charge in [-0.3, -0.25) is 0 Å². The van der Waals surface area contributed by atoms with Crippen LogP contribution in [0, 0.1) is 6.92 Å². The van der Waals surface area contributed by atoms with Gasteiger partial charge in [0.1, 0.15) is 11.5 Å². The van der Waals surface area contributed by atoms with Gasteiger partial charge in [0.15, 0.2) is 6.10 Å². The molecule has 0 aliphatic carbocycles. The van der Waals surface area contributed by atoms with Gasteiger partial charge in [-0.2, -0.15) is 5.10 Å². The lowest BCUT2D eigenvalue weighted by molar-refractivity contribution is -0.144. The van der Waals surface area contributed by atoms with Crippen LogP contribution in [0.15, 0.2) is 30.3 Å². The number of fused-ring (bicyclic) bond motifs is 1. The topological polar surface area (TPSA) is 81.5 Å². The molecule has 1 unspecified atom stereocenters. The highest BCUT2D eigenvalue weighted by molar-refractivity contribution is 5.74. The van der Waals surface area contributed by atoms with Gasteiger partial charge < -0.3 is 14.6 Å². The Labute approximate surface area is 115 Å². The summed E-state index contributed by atoms with van der Waals surface area (Å²) in [4.78, 5) is 10.9. The lowest BCUT2D eigenvalue weighted by atomic mass is 10.1. The quantitative estimate of drug-likeness (QED) is 0.919. The molecule has 1 N–H and O–H groups in total. The van der Waals surface area contributed by atoms with Crippen LogP contribution in [0.2, 0.25) is 0 Å². The third-order valence-corrected chi connectivity index (χ3v) is 2.98. The third-order valence-electron chi connectivity index (χ3n) is 2.98. The highest BCUT2D eigenvalue weighted by atomic mass is 16.5. The number of aryl methyl sites for hydroxylation is 1. The van der Waals surface area contributed by atoms with Gasteiger partial charge in [0.25, 0.3) is 0 Å². The van der Waals surface area contributed by atoms with Gasteiger partial charge in [-0.15, -0.1) is 5.10 Å². The number of nitrogens with zero attached hydrogens (tertiary/aromatic N) is 2. The zero-order valence-electron chi connectivity index (χ0n) is 10.7. The lowest BCUT2D eigenvalue weighted by Crippen LogP contribution is -2.24. The molecule has 6 nitrogen and oxygen atoms in total. The van der Waals surface area contributed by atoms with E-state index in [-0.39, 0.29) is 0 Å². The minimum absolute atomic E-state index is 0.370. The number of rotatable bonds is 3. The van der Waals surface area contributed by atoms with Crippen LogP contribution in [0.3, 0.4) is 0 Å². The Morgan fingerprint density at radius 1 is 1.35 bits per heavy atom. The first-order valence-electron chi connectivity index (χ1n) is 6.12. The number of aromatic nitrogens is 2. The average Bonchev–Trinajstić information content (AvgIpc) is 2.85. The first-order chi connectivity index (χ1) is 9.61. The van der Waals surface area contributed by atoms with Crippen molar-refractivity contribution in [3.8, 4) is 17.4 Å². The summed E-state index contributed by atoms with van der Waals surface area (Å²) in [5, 5.41) is 16.7. The molecule has 0 saturated heterocycles. The number of hydrogen-bond acceptors (Lipinski definition) is 5. The number of benzene rings is 1. The first kappa shape index (κ1) is 12.4. The van der Waals surface area contributed by atoms with Crippen molar-refractivity contribution in [2.24, 2.45) is 0 Å². The summed E-state index contributed by atoms with van der Waals surface area (Å²) in [6.45, 7) is 1.84. The molecular formula is C14H12N2O4. The molecule has 6 heteroatoms. The van der Waals surface area contributed by atoms with E-state index < -0.39 is 12.1 Å². The van der Waals surface area contributed by atoms with E-state index in [4.69, 9.17) is 14.6 Å². The smallest absolute Gasteiger partial charge is 0.345 e. The van der Waals surface area contributed by atoms with Crippen LogP contribution in [0.1, 0.15) is 11.3 Å². The molecule has 0 saturated carbocycles. The van der Waals surface area contributed by atoms with E-state index in [0.29, 0.717) is 23.8 Å². The SMILES string of the molecule is Cc1ccc(Oc2ccc3c(c2)OC(C(=O)O)C3)nn1. The summed E-state index contributed by atoms with van der Waals surface area (Å²) < 4.78 is 10.9. The fourth-order valence-electron chi connectivity index (χ4n) is 1.97. The number of ether oxygens (including phenoxy) is 2.